The number of aliphatic hydroxyl groups is 1. The van der Waals surface area contributed by atoms with Gasteiger partial charge in [-0.25, -0.2) is 0 Å². The van der Waals surface area contributed by atoms with Gasteiger partial charge in [0.15, 0.2) is 11.5 Å². The Morgan fingerprint density at radius 3 is 2.62 bits per heavy atom. The molecule has 2 heterocycles. The summed E-state index contributed by atoms with van der Waals surface area (Å²) in [4.78, 5) is 0. The topological polar surface area (TPSA) is 63.3 Å². The van der Waals surface area contributed by atoms with E-state index < -0.39 is 11.7 Å². The van der Waals surface area contributed by atoms with Gasteiger partial charge in [-0.05, 0) is 24.3 Å². The van der Waals surface area contributed by atoms with Gasteiger partial charge in [-0.3, -0.25) is 0 Å². The molecule has 0 spiro atoms. The highest BCUT2D eigenvalue weighted by atomic mass is 19.4. The molecule has 0 aliphatic heterocycles. The molecule has 0 fully saturated rings. The van der Waals surface area contributed by atoms with Crippen molar-refractivity contribution in [3.8, 4) is 11.3 Å². The first-order valence-electron chi connectivity index (χ1n) is 5.99. The van der Waals surface area contributed by atoms with Crippen molar-refractivity contribution >= 4 is 5.65 Å². The standard InChI is InChI=1S/C13H9F3N4O/c14-13(15,16)9-3-1-2-8(6-9)10-4-5-11-17-18-12(7-21)20(11)19-10/h1-6,21H,7H2. The molecule has 0 radical (unpaired) electrons. The van der Waals surface area contributed by atoms with E-state index >= 15 is 0 Å². The first kappa shape index (κ1) is 13.5. The molecule has 0 bridgehead atoms. The van der Waals surface area contributed by atoms with E-state index in [1.165, 1.54) is 16.6 Å². The third-order valence-corrected chi connectivity index (χ3v) is 2.95. The fourth-order valence-corrected chi connectivity index (χ4v) is 1.94. The first-order chi connectivity index (χ1) is 9.99. The van der Waals surface area contributed by atoms with Gasteiger partial charge in [0, 0.05) is 5.56 Å². The van der Waals surface area contributed by atoms with Crippen molar-refractivity contribution in [2.75, 3.05) is 0 Å². The summed E-state index contributed by atoms with van der Waals surface area (Å²) in [6.07, 6.45) is -4.41. The Balaban J connectivity index is 2.12. The first-order valence-corrected chi connectivity index (χ1v) is 5.99. The van der Waals surface area contributed by atoms with E-state index in [4.69, 9.17) is 5.11 Å². The molecule has 3 rings (SSSR count). The molecule has 0 aliphatic rings. The number of halogens is 3. The predicted octanol–water partition coefficient (Wildman–Crippen LogP) is 2.30. The summed E-state index contributed by atoms with van der Waals surface area (Å²) in [6, 6.07) is 8.02. The fraction of sp³-hybridized carbons (Fsp3) is 0.154. The summed E-state index contributed by atoms with van der Waals surface area (Å²) >= 11 is 0. The van der Waals surface area contributed by atoms with E-state index in [0.717, 1.165) is 12.1 Å². The number of alkyl halides is 3. The molecule has 5 nitrogen and oxygen atoms in total. The Labute approximate surface area is 116 Å². The third-order valence-electron chi connectivity index (χ3n) is 2.95. The van der Waals surface area contributed by atoms with Gasteiger partial charge in [0.2, 0.25) is 0 Å². The minimum Gasteiger partial charge on any atom is -0.388 e. The van der Waals surface area contributed by atoms with E-state index in [-0.39, 0.29) is 12.4 Å². The van der Waals surface area contributed by atoms with Crippen LogP contribution in [0.5, 0.6) is 0 Å². The zero-order valence-corrected chi connectivity index (χ0v) is 10.5. The summed E-state index contributed by atoms with van der Waals surface area (Å²) in [7, 11) is 0. The van der Waals surface area contributed by atoms with Crippen molar-refractivity contribution in [2.45, 2.75) is 12.8 Å². The quantitative estimate of drug-likeness (QED) is 0.787. The predicted molar refractivity (Wildman–Crippen MR) is 67.1 cm³/mol. The van der Waals surface area contributed by atoms with Crippen molar-refractivity contribution in [2.24, 2.45) is 0 Å². The minimum absolute atomic E-state index is 0.221. The highest BCUT2D eigenvalue weighted by Crippen LogP contribution is 2.31. The van der Waals surface area contributed by atoms with Gasteiger partial charge < -0.3 is 5.11 Å². The van der Waals surface area contributed by atoms with Crippen LogP contribution in [-0.2, 0) is 12.8 Å². The van der Waals surface area contributed by atoms with E-state index in [2.05, 4.69) is 15.3 Å². The summed E-state index contributed by atoms with van der Waals surface area (Å²) in [5.74, 6) is 0.221. The number of aliphatic hydroxyl groups excluding tert-OH is 1. The van der Waals surface area contributed by atoms with Crippen molar-refractivity contribution < 1.29 is 18.3 Å². The number of nitrogens with zero attached hydrogens (tertiary/aromatic N) is 4. The number of hydrogen-bond donors (Lipinski definition) is 1. The molecule has 8 heteroatoms. The molecule has 108 valence electrons. The summed E-state index contributed by atoms with van der Waals surface area (Å²) in [5, 5.41) is 20.8. The van der Waals surface area contributed by atoms with Gasteiger partial charge in [-0.1, -0.05) is 12.1 Å². The summed E-state index contributed by atoms with van der Waals surface area (Å²) in [5.41, 5.74) is 0.329. The van der Waals surface area contributed by atoms with Gasteiger partial charge in [0.25, 0.3) is 0 Å². The summed E-state index contributed by atoms with van der Waals surface area (Å²) in [6.45, 7) is -0.361. The lowest BCUT2D eigenvalue weighted by molar-refractivity contribution is -0.137. The van der Waals surface area contributed by atoms with Crippen LogP contribution in [0.1, 0.15) is 11.4 Å². The Bertz CT molecular complexity index is 797. The Morgan fingerprint density at radius 1 is 1.10 bits per heavy atom. The second-order valence-electron chi connectivity index (χ2n) is 4.34. The maximum Gasteiger partial charge on any atom is 0.416 e. The van der Waals surface area contributed by atoms with Gasteiger partial charge in [0.1, 0.15) is 6.61 Å². The lowest BCUT2D eigenvalue weighted by Gasteiger charge is -2.08. The van der Waals surface area contributed by atoms with Gasteiger partial charge in [-0.15, -0.1) is 10.2 Å². The number of rotatable bonds is 2. The SMILES string of the molecule is OCc1nnc2ccc(-c3cccc(C(F)(F)F)c3)nn12. The largest absolute Gasteiger partial charge is 0.416 e. The van der Waals surface area contributed by atoms with Gasteiger partial charge >= 0.3 is 6.18 Å². The van der Waals surface area contributed by atoms with Crippen LogP contribution in [0.4, 0.5) is 13.2 Å². The highest BCUT2D eigenvalue weighted by Gasteiger charge is 2.30. The zero-order valence-electron chi connectivity index (χ0n) is 10.5. The molecule has 0 amide bonds. The molecule has 2 aromatic heterocycles. The number of fused-ring (bicyclic) bond motifs is 1. The van der Waals surface area contributed by atoms with Crippen molar-refractivity contribution in [1.29, 1.82) is 0 Å². The molecule has 1 aromatic carbocycles. The van der Waals surface area contributed by atoms with E-state index in [1.54, 1.807) is 12.1 Å². The van der Waals surface area contributed by atoms with Crippen molar-refractivity contribution in [1.82, 2.24) is 19.8 Å². The second-order valence-corrected chi connectivity index (χ2v) is 4.34. The molecule has 0 atom stereocenters. The third kappa shape index (κ3) is 2.45. The second kappa shape index (κ2) is 4.81. The maximum atomic E-state index is 12.7. The molecule has 0 aliphatic carbocycles. The van der Waals surface area contributed by atoms with Crippen molar-refractivity contribution in [3.05, 3.63) is 47.8 Å². The zero-order chi connectivity index (χ0) is 15.0. The maximum absolute atomic E-state index is 12.7. The van der Waals surface area contributed by atoms with Crippen LogP contribution >= 0.6 is 0 Å². The lowest BCUT2D eigenvalue weighted by atomic mass is 10.1. The number of aromatic nitrogens is 4. The van der Waals surface area contributed by atoms with Gasteiger partial charge in [0.05, 0.1) is 11.3 Å². The van der Waals surface area contributed by atoms with Crippen LogP contribution in [0.15, 0.2) is 36.4 Å². The molecule has 0 saturated carbocycles. The van der Waals surface area contributed by atoms with Crippen LogP contribution in [0.2, 0.25) is 0 Å². The molecule has 3 aromatic rings. The molecule has 21 heavy (non-hydrogen) atoms. The van der Waals surface area contributed by atoms with E-state index in [0.29, 0.717) is 16.9 Å². The molecule has 1 N–H and O–H groups in total. The number of hydrogen-bond acceptors (Lipinski definition) is 4. The van der Waals surface area contributed by atoms with Crippen LogP contribution in [0.3, 0.4) is 0 Å². The normalized spacial score (nSPS) is 12.0. The Kier molecular flexibility index (Phi) is 3.09. The van der Waals surface area contributed by atoms with Crippen LogP contribution < -0.4 is 0 Å². The van der Waals surface area contributed by atoms with Crippen molar-refractivity contribution in [3.63, 3.8) is 0 Å². The van der Waals surface area contributed by atoms with E-state index in [1.807, 2.05) is 0 Å². The highest BCUT2D eigenvalue weighted by molar-refractivity contribution is 5.61. The lowest BCUT2D eigenvalue weighted by Crippen LogP contribution is -2.05. The smallest absolute Gasteiger partial charge is 0.388 e. The van der Waals surface area contributed by atoms with Crippen LogP contribution in [-0.4, -0.2) is 24.9 Å². The average molecular weight is 294 g/mol. The molecular formula is C13H9F3N4O. The van der Waals surface area contributed by atoms with Crippen LogP contribution in [0.25, 0.3) is 16.9 Å². The van der Waals surface area contributed by atoms with Gasteiger partial charge in [-0.2, -0.15) is 22.8 Å². The molecular weight excluding hydrogens is 285 g/mol. The Morgan fingerprint density at radius 2 is 1.90 bits per heavy atom. The van der Waals surface area contributed by atoms with E-state index in [9.17, 15) is 13.2 Å². The Hall–Kier alpha value is -2.48. The fourth-order valence-electron chi connectivity index (χ4n) is 1.94. The molecule has 0 saturated heterocycles. The monoisotopic (exact) mass is 294 g/mol. The number of benzene rings is 1. The average Bonchev–Trinajstić information content (AvgIpc) is 2.88. The minimum atomic E-state index is -4.41. The van der Waals surface area contributed by atoms with Crippen LogP contribution in [0, 0.1) is 0 Å². The molecule has 0 unspecified atom stereocenters. The summed E-state index contributed by atoms with van der Waals surface area (Å²) < 4.78 is 39.5.